The van der Waals surface area contributed by atoms with Crippen LogP contribution in [0, 0.1) is 0 Å². The number of rotatable bonds is 12. The summed E-state index contributed by atoms with van der Waals surface area (Å²) >= 11 is 0. The second-order valence-corrected chi connectivity index (χ2v) is 32.9. The molecule has 27 aromatic rings. The Bertz CT molecular complexity index is 9260. The first kappa shape index (κ1) is 78.4. The first-order valence-corrected chi connectivity index (χ1v) is 44.3. The molecule has 0 atom stereocenters. The smallest absolute Gasteiger partial charge is 0.166 e. The molecule has 0 aliphatic rings. The number of hydrogen-bond acceptors (Lipinski definition) is 18. The van der Waals surface area contributed by atoms with Crippen molar-refractivity contribution in [1.29, 1.82) is 0 Å². The van der Waals surface area contributed by atoms with Crippen LogP contribution in [0.15, 0.2) is 432 Å². The summed E-state index contributed by atoms with van der Waals surface area (Å²) < 4.78 is 18.5. The van der Waals surface area contributed by atoms with Gasteiger partial charge in [0, 0.05) is 94.5 Å². The highest BCUT2D eigenvalue weighted by molar-refractivity contribution is 6.15. The van der Waals surface area contributed by atoms with Crippen molar-refractivity contribution >= 4 is 132 Å². The Morgan fingerprint density at radius 1 is 0.126 bits per heavy atom. The molecule has 0 radical (unpaired) electrons. The minimum Gasteiger partial charge on any atom is -0.456 e. The van der Waals surface area contributed by atoms with E-state index in [2.05, 4.69) is 146 Å². The van der Waals surface area contributed by atoms with E-state index in [4.69, 9.17) is 88.0 Å². The molecule has 0 unspecified atom stereocenters. The van der Waals surface area contributed by atoms with Crippen LogP contribution in [-0.2, 0) is 0 Å². The van der Waals surface area contributed by atoms with E-state index >= 15 is 0 Å². The maximum Gasteiger partial charge on any atom is 0.166 e. The maximum atomic E-state index is 6.26. The molecule has 18 heteroatoms. The summed E-state index contributed by atoms with van der Waals surface area (Å²) in [5.74, 6) is 5.30. The Labute approximate surface area is 769 Å². The monoisotopic (exact) mass is 1730 g/mol. The van der Waals surface area contributed by atoms with Crippen molar-refractivity contribution in [2.75, 3.05) is 0 Å². The highest BCUT2D eigenvalue weighted by atomic mass is 16.3. The number of aromatic nitrogens is 15. The summed E-state index contributed by atoms with van der Waals surface area (Å²) in [5.41, 5.74) is 28.9. The van der Waals surface area contributed by atoms with E-state index in [0.717, 1.165) is 215 Å². The van der Waals surface area contributed by atoms with E-state index < -0.39 is 0 Å². The molecule has 0 bridgehead atoms. The lowest BCUT2D eigenvalue weighted by Crippen LogP contribution is -2.01. The molecule has 9 aromatic heterocycles. The van der Waals surface area contributed by atoms with Crippen LogP contribution in [0.5, 0.6) is 0 Å². The van der Waals surface area contributed by atoms with Gasteiger partial charge in [-0.3, -0.25) is 0 Å². The second kappa shape index (κ2) is 33.4. The van der Waals surface area contributed by atoms with E-state index in [9.17, 15) is 0 Å². The molecule has 0 N–H and O–H groups in total. The van der Waals surface area contributed by atoms with Gasteiger partial charge in [0.2, 0.25) is 0 Å². The van der Waals surface area contributed by atoms with Gasteiger partial charge >= 0.3 is 0 Å². The molecular formula is C117H69N15O3. The van der Waals surface area contributed by atoms with Gasteiger partial charge < -0.3 is 13.3 Å². The van der Waals surface area contributed by atoms with Crippen molar-refractivity contribution in [2.24, 2.45) is 0 Å². The van der Waals surface area contributed by atoms with Crippen LogP contribution in [-0.4, -0.2) is 74.8 Å². The van der Waals surface area contributed by atoms with Crippen LogP contribution in [0.25, 0.3) is 268 Å². The SMILES string of the molecule is c1ccc(-c2ccc(-c3nc(-c4ccccc4)nc(-c4ccc5nc6cc7c(cc6nc5c4)oc4ccccc47)n3)cc2)cc1.c1ccc(-c2ccc(-c3nc(-c4ccccc4)nc(-c4ccc5nc6ccc7c8ccccc8oc7c6nc5c4)n3)cc2)cc1.c1ccc(-c2ccc(-c3nc(-c4ccccc4)nc(-c4cccc5nc6cc7oc8ccccc8c7cc6nc45)n3)cc2)cc1. The first-order chi connectivity index (χ1) is 66.8. The summed E-state index contributed by atoms with van der Waals surface area (Å²) in [4.78, 5) is 74.5. The van der Waals surface area contributed by atoms with Crippen molar-refractivity contribution in [3.63, 3.8) is 0 Å². The molecule has 0 spiro atoms. The predicted octanol–water partition coefficient (Wildman–Crippen LogP) is 28.6. The fourth-order valence-electron chi connectivity index (χ4n) is 17.6. The van der Waals surface area contributed by atoms with Gasteiger partial charge in [0.25, 0.3) is 0 Å². The van der Waals surface area contributed by atoms with Crippen LogP contribution >= 0.6 is 0 Å². The van der Waals surface area contributed by atoms with Crippen molar-refractivity contribution in [2.45, 2.75) is 0 Å². The van der Waals surface area contributed by atoms with Crippen LogP contribution in [0.1, 0.15) is 0 Å². The Morgan fingerprint density at radius 2 is 0.393 bits per heavy atom. The lowest BCUT2D eigenvalue weighted by Gasteiger charge is -2.11. The van der Waals surface area contributed by atoms with E-state index in [0.29, 0.717) is 52.4 Å². The quantitative estimate of drug-likeness (QED) is 0.103. The zero-order chi connectivity index (χ0) is 89.2. The summed E-state index contributed by atoms with van der Waals surface area (Å²) in [6.07, 6.45) is 0. The van der Waals surface area contributed by atoms with Gasteiger partial charge in [-0.25, -0.2) is 74.8 Å². The summed E-state index contributed by atoms with van der Waals surface area (Å²) in [6.45, 7) is 0. The predicted molar refractivity (Wildman–Crippen MR) is 538 cm³/mol. The number of fused-ring (bicyclic) bond motifs is 16. The van der Waals surface area contributed by atoms with Crippen molar-refractivity contribution in [3.05, 3.63) is 419 Å². The Kier molecular flexibility index (Phi) is 19.4. The lowest BCUT2D eigenvalue weighted by atomic mass is 10.0. The third kappa shape index (κ3) is 15.0. The third-order valence-electron chi connectivity index (χ3n) is 24.4. The van der Waals surface area contributed by atoms with Crippen LogP contribution in [0.4, 0.5) is 0 Å². The molecular weight excluding hydrogens is 1660 g/mol. The molecule has 0 amide bonds. The molecule has 0 aliphatic carbocycles. The normalized spacial score (nSPS) is 11.6. The minimum atomic E-state index is 0.542. The number of para-hydroxylation sites is 4. The largest absolute Gasteiger partial charge is 0.456 e. The van der Waals surface area contributed by atoms with E-state index in [1.165, 1.54) is 0 Å². The van der Waals surface area contributed by atoms with Crippen LogP contribution < -0.4 is 0 Å². The number of furan rings is 3. The summed E-state index contributed by atoms with van der Waals surface area (Å²) in [5, 5.41) is 6.26. The van der Waals surface area contributed by atoms with Crippen LogP contribution in [0.3, 0.4) is 0 Å². The molecule has 0 aliphatic heterocycles. The average molecular weight is 1730 g/mol. The van der Waals surface area contributed by atoms with Gasteiger partial charge in [-0.05, 0) is 124 Å². The molecule has 0 fully saturated rings. The van der Waals surface area contributed by atoms with Gasteiger partial charge in [0.1, 0.15) is 38.9 Å². The highest BCUT2D eigenvalue weighted by Crippen LogP contribution is 2.41. The molecule has 18 nitrogen and oxygen atoms in total. The molecule has 9 heterocycles. The fourth-order valence-corrected chi connectivity index (χ4v) is 17.6. The van der Waals surface area contributed by atoms with Gasteiger partial charge in [0.05, 0.1) is 55.2 Å². The maximum absolute atomic E-state index is 6.26. The lowest BCUT2D eigenvalue weighted by molar-refractivity contribution is 0.669. The number of hydrogen-bond donors (Lipinski definition) is 0. The standard InChI is InChI=1S/3C39H23N5O/c1-3-10-24(11-4-1)25-18-20-27(21-19-25)38-42-37(26-12-5-2-6-13-26)43-39(44-38)29-15-9-16-31-36(29)41-32-22-30-28-14-7-8-17-34(28)45-35(30)23-33(32)40-31;1-3-9-24(10-4-1)25-15-17-27(18-16-25)38-42-37(26-11-5-2-6-12-26)43-39(44-38)28-19-21-31-33(23-28)41-35-32(40-31)22-20-30-29-13-7-8-14-34(29)45-36(30)35;1-3-9-24(10-4-1)25-15-17-27(18-16-25)38-42-37(26-11-5-2-6-12-26)43-39(44-38)28-19-20-31-32(21-28)41-34-23-36-30(22-33(34)40-31)29-13-7-8-14-35(29)45-36/h3*1-23H. The van der Waals surface area contributed by atoms with E-state index in [1.54, 1.807) is 0 Å². The van der Waals surface area contributed by atoms with Crippen LogP contribution in [0.2, 0.25) is 0 Å². The van der Waals surface area contributed by atoms with Gasteiger partial charge in [0.15, 0.2) is 58.0 Å². The molecule has 0 saturated carbocycles. The topological polar surface area (TPSA) is 233 Å². The van der Waals surface area contributed by atoms with Gasteiger partial charge in [-0.15, -0.1) is 0 Å². The Balaban J connectivity index is 0.000000108. The van der Waals surface area contributed by atoms with Gasteiger partial charge in [-0.2, -0.15) is 0 Å². The Hall–Kier alpha value is -18.8. The molecule has 135 heavy (non-hydrogen) atoms. The zero-order valence-corrected chi connectivity index (χ0v) is 71.8. The van der Waals surface area contributed by atoms with E-state index in [-0.39, 0.29) is 0 Å². The van der Waals surface area contributed by atoms with Crippen molar-refractivity contribution in [3.8, 4) is 136 Å². The molecule has 630 valence electrons. The zero-order valence-electron chi connectivity index (χ0n) is 71.8. The van der Waals surface area contributed by atoms with Crippen molar-refractivity contribution in [1.82, 2.24) is 74.8 Å². The first-order valence-electron chi connectivity index (χ1n) is 44.3. The third-order valence-corrected chi connectivity index (χ3v) is 24.4. The Morgan fingerprint density at radius 3 is 0.815 bits per heavy atom. The second-order valence-electron chi connectivity index (χ2n) is 32.9. The fraction of sp³-hybridized carbons (Fsp3) is 0. The highest BCUT2D eigenvalue weighted by Gasteiger charge is 2.23. The molecule has 0 saturated heterocycles. The molecule has 27 rings (SSSR count). The van der Waals surface area contributed by atoms with Crippen molar-refractivity contribution < 1.29 is 13.3 Å². The summed E-state index contributed by atoms with van der Waals surface area (Å²) in [6, 6.07) is 140. The van der Waals surface area contributed by atoms with E-state index in [1.807, 2.05) is 273 Å². The van der Waals surface area contributed by atoms with Gasteiger partial charge in [-0.1, -0.05) is 315 Å². The molecule has 18 aromatic carbocycles. The number of nitrogens with zero attached hydrogens (tertiary/aromatic N) is 15. The summed E-state index contributed by atoms with van der Waals surface area (Å²) in [7, 11) is 0. The number of benzene rings is 18. The average Bonchev–Trinajstić information content (AvgIpc) is 1.70. The minimum absolute atomic E-state index is 0.542.